The number of nitrogens with zero attached hydrogens (tertiary/aromatic N) is 1. The molecule has 1 aromatic rings. The molecule has 1 aliphatic carbocycles. The summed E-state index contributed by atoms with van der Waals surface area (Å²) >= 11 is 0. The summed E-state index contributed by atoms with van der Waals surface area (Å²) in [6, 6.07) is 4.10. The van der Waals surface area contributed by atoms with E-state index in [1.54, 1.807) is 0 Å². The van der Waals surface area contributed by atoms with Gasteiger partial charge >= 0.3 is 0 Å². The highest BCUT2D eigenvalue weighted by molar-refractivity contribution is 5.12. The van der Waals surface area contributed by atoms with Crippen LogP contribution < -0.4 is 5.32 Å². The van der Waals surface area contributed by atoms with Crippen molar-refractivity contribution in [3.8, 4) is 0 Å². The number of rotatable bonds is 4. The molecule has 94 valence electrons. The maximum Gasteiger partial charge on any atom is 0.0771 e. The summed E-state index contributed by atoms with van der Waals surface area (Å²) in [7, 11) is 0. The second-order valence-corrected chi connectivity index (χ2v) is 5.22. The van der Waals surface area contributed by atoms with Crippen LogP contribution in [0.5, 0.6) is 0 Å². The van der Waals surface area contributed by atoms with Crippen LogP contribution in [0.1, 0.15) is 43.4 Å². The Bertz CT molecular complexity index is 342. The van der Waals surface area contributed by atoms with Crippen molar-refractivity contribution in [2.24, 2.45) is 0 Å². The minimum Gasteiger partial charge on any atom is -0.389 e. The predicted molar refractivity (Wildman–Crippen MR) is 68.7 cm³/mol. The molecule has 1 aliphatic rings. The molecule has 0 radical (unpaired) electrons. The minimum absolute atomic E-state index is 0.483. The Morgan fingerprint density at radius 2 is 2.06 bits per heavy atom. The first-order valence-corrected chi connectivity index (χ1v) is 6.53. The largest absolute Gasteiger partial charge is 0.389 e. The van der Waals surface area contributed by atoms with Gasteiger partial charge in [-0.15, -0.1) is 0 Å². The SMILES string of the molecule is Cc1ccc(CNCC2(O)CCCCC2)nc1. The van der Waals surface area contributed by atoms with Crippen LogP contribution in [0.2, 0.25) is 0 Å². The summed E-state index contributed by atoms with van der Waals surface area (Å²) in [6.45, 7) is 3.46. The van der Waals surface area contributed by atoms with Gasteiger partial charge in [0.2, 0.25) is 0 Å². The van der Waals surface area contributed by atoms with Crippen molar-refractivity contribution in [2.45, 2.75) is 51.2 Å². The van der Waals surface area contributed by atoms with E-state index in [0.29, 0.717) is 6.54 Å². The highest BCUT2D eigenvalue weighted by Crippen LogP contribution is 2.27. The molecular weight excluding hydrogens is 212 g/mol. The quantitative estimate of drug-likeness (QED) is 0.839. The van der Waals surface area contributed by atoms with Crippen LogP contribution in [0.3, 0.4) is 0 Å². The molecule has 0 spiro atoms. The predicted octanol–water partition coefficient (Wildman–Crippen LogP) is 2.17. The maximum absolute atomic E-state index is 10.3. The van der Waals surface area contributed by atoms with Crippen LogP contribution in [0.4, 0.5) is 0 Å². The van der Waals surface area contributed by atoms with E-state index >= 15 is 0 Å². The van der Waals surface area contributed by atoms with Crippen LogP contribution >= 0.6 is 0 Å². The van der Waals surface area contributed by atoms with E-state index in [9.17, 15) is 5.11 Å². The monoisotopic (exact) mass is 234 g/mol. The Labute approximate surface area is 103 Å². The van der Waals surface area contributed by atoms with Crippen molar-refractivity contribution in [1.82, 2.24) is 10.3 Å². The Kier molecular flexibility index (Phi) is 4.13. The molecule has 0 atom stereocenters. The van der Waals surface area contributed by atoms with Crippen molar-refractivity contribution in [2.75, 3.05) is 6.54 Å². The van der Waals surface area contributed by atoms with Gasteiger partial charge in [0.25, 0.3) is 0 Å². The summed E-state index contributed by atoms with van der Waals surface area (Å²) in [5.74, 6) is 0. The van der Waals surface area contributed by atoms with Crippen LogP contribution in [0.25, 0.3) is 0 Å². The number of pyridine rings is 1. The first-order chi connectivity index (χ1) is 8.18. The van der Waals surface area contributed by atoms with Gasteiger partial charge in [0, 0.05) is 19.3 Å². The van der Waals surface area contributed by atoms with E-state index in [1.165, 1.54) is 12.0 Å². The zero-order valence-corrected chi connectivity index (χ0v) is 10.6. The number of aryl methyl sites for hydroxylation is 1. The van der Waals surface area contributed by atoms with Crippen molar-refractivity contribution in [3.05, 3.63) is 29.6 Å². The number of aromatic nitrogens is 1. The summed E-state index contributed by atoms with van der Waals surface area (Å²) in [4.78, 5) is 4.34. The average molecular weight is 234 g/mol. The van der Waals surface area contributed by atoms with E-state index in [-0.39, 0.29) is 0 Å². The standard InChI is InChI=1S/C14H22N2O/c1-12-5-6-13(16-9-12)10-15-11-14(17)7-3-2-4-8-14/h5-6,9,15,17H,2-4,7-8,10-11H2,1H3. The van der Waals surface area contributed by atoms with E-state index in [2.05, 4.69) is 16.4 Å². The molecule has 0 amide bonds. The molecule has 0 aliphatic heterocycles. The molecule has 1 saturated carbocycles. The van der Waals surface area contributed by atoms with Crippen LogP contribution in [-0.4, -0.2) is 22.2 Å². The molecule has 1 heterocycles. The van der Waals surface area contributed by atoms with E-state index in [4.69, 9.17) is 0 Å². The van der Waals surface area contributed by atoms with E-state index in [0.717, 1.165) is 37.9 Å². The lowest BCUT2D eigenvalue weighted by molar-refractivity contribution is 0.00462. The van der Waals surface area contributed by atoms with Gasteiger partial charge in [0.1, 0.15) is 0 Å². The van der Waals surface area contributed by atoms with Gasteiger partial charge in [0.15, 0.2) is 0 Å². The maximum atomic E-state index is 10.3. The molecule has 0 bridgehead atoms. The first-order valence-electron chi connectivity index (χ1n) is 6.53. The van der Waals surface area contributed by atoms with Gasteiger partial charge < -0.3 is 10.4 Å². The molecule has 17 heavy (non-hydrogen) atoms. The fourth-order valence-electron chi connectivity index (χ4n) is 2.41. The zero-order valence-electron chi connectivity index (χ0n) is 10.6. The van der Waals surface area contributed by atoms with E-state index < -0.39 is 5.60 Å². The van der Waals surface area contributed by atoms with Crippen molar-refractivity contribution >= 4 is 0 Å². The first kappa shape index (κ1) is 12.5. The van der Waals surface area contributed by atoms with Crippen molar-refractivity contribution in [3.63, 3.8) is 0 Å². The molecule has 0 unspecified atom stereocenters. The molecule has 2 rings (SSSR count). The fraction of sp³-hybridized carbons (Fsp3) is 0.643. The Morgan fingerprint density at radius 1 is 1.29 bits per heavy atom. The fourth-order valence-corrected chi connectivity index (χ4v) is 2.41. The molecule has 1 fully saturated rings. The number of nitrogens with one attached hydrogen (secondary N) is 1. The zero-order chi connectivity index (χ0) is 12.1. The topological polar surface area (TPSA) is 45.1 Å². The smallest absolute Gasteiger partial charge is 0.0771 e. The summed E-state index contributed by atoms with van der Waals surface area (Å²) in [5, 5.41) is 13.6. The third-order valence-electron chi connectivity index (χ3n) is 3.52. The van der Waals surface area contributed by atoms with Crippen LogP contribution in [0.15, 0.2) is 18.3 Å². The minimum atomic E-state index is -0.483. The van der Waals surface area contributed by atoms with Gasteiger partial charge in [-0.3, -0.25) is 4.98 Å². The second kappa shape index (κ2) is 5.61. The number of aliphatic hydroxyl groups is 1. The lowest BCUT2D eigenvalue weighted by Gasteiger charge is -2.32. The second-order valence-electron chi connectivity index (χ2n) is 5.22. The van der Waals surface area contributed by atoms with Gasteiger partial charge in [-0.25, -0.2) is 0 Å². The summed E-state index contributed by atoms with van der Waals surface area (Å²) in [5.41, 5.74) is 1.73. The van der Waals surface area contributed by atoms with Gasteiger partial charge in [-0.05, 0) is 31.4 Å². The van der Waals surface area contributed by atoms with Crippen molar-refractivity contribution < 1.29 is 5.11 Å². The van der Waals surface area contributed by atoms with Crippen molar-refractivity contribution in [1.29, 1.82) is 0 Å². The molecule has 3 nitrogen and oxygen atoms in total. The van der Waals surface area contributed by atoms with Crippen LogP contribution in [0, 0.1) is 6.92 Å². The van der Waals surface area contributed by atoms with Crippen LogP contribution in [-0.2, 0) is 6.54 Å². The average Bonchev–Trinajstić information content (AvgIpc) is 2.32. The lowest BCUT2D eigenvalue weighted by Crippen LogP contribution is -2.41. The lowest BCUT2D eigenvalue weighted by atomic mass is 9.85. The highest BCUT2D eigenvalue weighted by atomic mass is 16.3. The molecule has 2 N–H and O–H groups in total. The van der Waals surface area contributed by atoms with Gasteiger partial charge in [0.05, 0.1) is 11.3 Å². The summed E-state index contributed by atoms with van der Waals surface area (Å²) < 4.78 is 0. The molecule has 0 saturated heterocycles. The van der Waals surface area contributed by atoms with Gasteiger partial charge in [-0.1, -0.05) is 25.3 Å². The number of hydrogen-bond acceptors (Lipinski definition) is 3. The Balaban J connectivity index is 1.77. The highest BCUT2D eigenvalue weighted by Gasteiger charge is 2.28. The summed E-state index contributed by atoms with van der Waals surface area (Å²) in [6.07, 6.45) is 7.32. The Morgan fingerprint density at radius 3 is 2.71 bits per heavy atom. The molecular formula is C14H22N2O. The van der Waals surface area contributed by atoms with Gasteiger partial charge in [-0.2, -0.15) is 0 Å². The third-order valence-corrected chi connectivity index (χ3v) is 3.52. The molecule has 1 aromatic heterocycles. The third kappa shape index (κ3) is 3.79. The number of hydrogen-bond donors (Lipinski definition) is 2. The van der Waals surface area contributed by atoms with E-state index in [1.807, 2.05) is 19.2 Å². The Hall–Kier alpha value is -0.930. The normalized spacial score (nSPS) is 19.2. The molecule has 3 heteroatoms. The molecule has 0 aromatic carbocycles.